The molecule has 0 spiro atoms. The number of hydrogen-bond donors (Lipinski definition) is 3. The van der Waals surface area contributed by atoms with Gasteiger partial charge in [-0.2, -0.15) is 0 Å². The van der Waals surface area contributed by atoms with Crippen LogP contribution >= 0.6 is 24.0 Å². The first kappa shape index (κ1) is 22.5. The molecule has 0 saturated heterocycles. The highest BCUT2D eigenvalue weighted by molar-refractivity contribution is 14.0. The second kappa shape index (κ2) is 12.0. The molecule has 0 radical (unpaired) electrons. The highest BCUT2D eigenvalue weighted by Crippen LogP contribution is 2.18. The van der Waals surface area contributed by atoms with Crippen molar-refractivity contribution in [2.24, 2.45) is 10.9 Å². The number of ether oxygens (including phenoxy) is 1. The van der Waals surface area contributed by atoms with Crippen LogP contribution in [0.4, 0.5) is 0 Å². The maximum absolute atomic E-state index is 11.6. The molecule has 2 rings (SSSR count). The van der Waals surface area contributed by atoms with Gasteiger partial charge in [0, 0.05) is 26.2 Å². The molecule has 0 heterocycles. The summed E-state index contributed by atoms with van der Waals surface area (Å²) in [5, 5.41) is 9.50. The quantitative estimate of drug-likeness (QED) is 0.292. The number of hydrogen-bond acceptors (Lipinski definition) is 3. The van der Waals surface area contributed by atoms with Crippen molar-refractivity contribution in [3.05, 3.63) is 29.8 Å². The van der Waals surface area contributed by atoms with Crippen LogP contribution in [0.1, 0.15) is 32.3 Å². The lowest BCUT2D eigenvalue weighted by Gasteiger charge is -2.13. The van der Waals surface area contributed by atoms with E-state index >= 15 is 0 Å². The number of rotatable bonds is 9. The lowest BCUT2D eigenvalue weighted by Crippen LogP contribution is -2.39. The third-order valence-electron chi connectivity index (χ3n) is 3.84. The van der Waals surface area contributed by atoms with Gasteiger partial charge < -0.3 is 20.7 Å². The molecule has 0 bridgehead atoms. The predicted molar refractivity (Wildman–Crippen MR) is 116 cm³/mol. The summed E-state index contributed by atoms with van der Waals surface area (Å²) in [6.45, 7) is 6.12. The minimum Gasteiger partial charge on any atom is -0.484 e. The number of aliphatic imine (C=N–C) groups is 1. The van der Waals surface area contributed by atoms with Gasteiger partial charge >= 0.3 is 0 Å². The first-order chi connectivity index (χ1) is 12.1. The smallest absolute Gasteiger partial charge is 0.258 e. The Morgan fingerprint density at radius 3 is 2.50 bits per heavy atom. The average Bonchev–Trinajstić information content (AvgIpc) is 3.41. The predicted octanol–water partition coefficient (Wildman–Crippen LogP) is 2.33. The van der Waals surface area contributed by atoms with Crippen molar-refractivity contribution in [2.45, 2.75) is 39.2 Å². The van der Waals surface area contributed by atoms with Gasteiger partial charge in [0.05, 0.1) is 0 Å². The first-order valence-electron chi connectivity index (χ1n) is 9.02. The molecule has 1 aliphatic rings. The van der Waals surface area contributed by atoms with Gasteiger partial charge in [0.25, 0.3) is 5.91 Å². The monoisotopic (exact) mass is 474 g/mol. The van der Waals surface area contributed by atoms with Crippen LogP contribution < -0.4 is 20.7 Å². The molecule has 6 nitrogen and oxygen atoms in total. The SMILES string of the molecule is CN=C(NCCc1ccc(OCC(=O)NC2CC2)cc1)NCC(C)C.I. The number of nitrogens with one attached hydrogen (secondary N) is 3. The van der Waals surface area contributed by atoms with Crippen molar-refractivity contribution in [2.75, 3.05) is 26.7 Å². The summed E-state index contributed by atoms with van der Waals surface area (Å²) in [5.74, 6) is 2.08. The van der Waals surface area contributed by atoms with Gasteiger partial charge in [-0.1, -0.05) is 26.0 Å². The second-order valence-corrected chi connectivity index (χ2v) is 6.80. The van der Waals surface area contributed by atoms with Gasteiger partial charge in [0.1, 0.15) is 5.75 Å². The highest BCUT2D eigenvalue weighted by Gasteiger charge is 2.23. The lowest BCUT2D eigenvalue weighted by molar-refractivity contribution is -0.123. The minimum atomic E-state index is -0.0453. The Labute approximate surface area is 173 Å². The van der Waals surface area contributed by atoms with Crippen LogP contribution in [0.2, 0.25) is 0 Å². The van der Waals surface area contributed by atoms with Crippen LogP contribution in [-0.2, 0) is 11.2 Å². The van der Waals surface area contributed by atoms with Crippen molar-refractivity contribution in [3.63, 3.8) is 0 Å². The molecule has 1 saturated carbocycles. The van der Waals surface area contributed by atoms with E-state index in [1.807, 2.05) is 24.3 Å². The van der Waals surface area contributed by atoms with Crippen molar-refractivity contribution in [1.29, 1.82) is 0 Å². The van der Waals surface area contributed by atoms with Gasteiger partial charge in [-0.25, -0.2) is 0 Å². The molecule has 0 aliphatic heterocycles. The van der Waals surface area contributed by atoms with Gasteiger partial charge in [-0.3, -0.25) is 9.79 Å². The fourth-order valence-electron chi connectivity index (χ4n) is 2.24. The molecule has 26 heavy (non-hydrogen) atoms. The standard InChI is InChI=1S/C19H30N4O2.HI/c1-14(2)12-22-19(20-3)21-11-10-15-4-8-17(9-5-15)25-13-18(24)23-16-6-7-16;/h4-5,8-9,14,16H,6-7,10-13H2,1-3H3,(H,23,24)(H2,20,21,22);1H. The summed E-state index contributed by atoms with van der Waals surface area (Å²) in [6, 6.07) is 8.25. The molecule has 1 amide bonds. The maximum atomic E-state index is 11.6. The van der Waals surface area contributed by atoms with Crippen molar-refractivity contribution in [3.8, 4) is 5.75 Å². The van der Waals surface area contributed by atoms with E-state index in [9.17, 15) is 4.79 Å². The summed E-state index contributed by atoms with van der Waals surface area (Å²) in [6.07, 6.45) is 3.07. The van der Waals surface area contributed by atoms with E-state index in [0.717, 1.165) is 44.1 Å². The Bertz CT molecular complexity index is 571. The molecular formula is C19H31IN4O2. The molecule has 1 aromatic carbocycles. The fraction of sp³-hybridized carbons (Fsp3) is 0.579. The summed E-state index contributed by atoms with van der Waals surface area (Å²) in [4.78, 5) is 15.8. The van der Waals surface area contributed by atoms with E-state index in [0.29, 0.717) is 12.0 Å². The molecule has 7 heteroatoms. The van der Waals surface area contributed by atoms with Crippen molar-refractivity contribution >= 4 is 35.8 Å². The maximum Gasteiger partial charge on any atom is 0.258 e. The molecule has 0 aromatic heterocycles. The zero-order valence-corrected chi connectivity index (χ0v) is 18.2. The number of nitrogens with zero attached hydrogens (tertiary/aromatic N) is 1. The topological polar surface area (TPSA) is 74.8 Å². The Morgan fingerprint density at radius 2 is 1.92 bits per heavy atom. The van der Waals surface area contributed by atoms with Gasteiger partial charge in [-0.05, 0) is 42.9 Å². The van der Waals surface area contributed by atoms with Gasteiger partial charge in [0.2, 0.25) is 0 Å². The number of halogens is 1. The number of carbonyl (C=O) groups excluding carboxylic acids is 1. The van der Waals surface area contributed by atoms with Crippen molar-refractivity contribution < 1.29 is 9.53 Å². The summed E-state index contributed by atoms with van der Waals surface area (Å²) >= 11 is 0. The third kappa shape index (κ3) is 9.26. The average molecular weight is 474 g/mol. The lowest BCUT2D eigenvalue weighted by atomic mass is 10.1. The van der Waals surface area contributed by atoms with Crippen LogP contribution in [0.3, 0.4) is 0 Å². The van der Waals surface area contributed by atoms with Gasteiger partial charge in [-0.15, -0.1) is 24.0 Å². The fourth-order valence-corrected chi connectivity index (χ4v) is 2.24. The van der Waals surface area contributed by atoms with E-state index < -0.39 is 0 Å². The molecule has 0 atom stereocenters. The Kier molecular flexibility index (Phi) is 10.4. The van der Waals surface area contributed by atoms with Crippen molar-refractivity contribution in [1.82, 2.24) is 16.0 Å². The molecular weight excluding hydrogens is 443 g/mol. The number of guanidine groups is 1. The van der Waals surface area contributed by atoms with E-state index in [1.54, 1.807) is 7.05 Å². The number of amides is 1. The Balaban J connectivity index is 0.00000338. The highest BCUT2D eigenvalue weighted by atomic mass is 127. The molecule has 3 N–H and O–H groups in total. The van der Waals surface area contributed by atoms with Crippen LogP contribution in [0.15, 0.2) is 29.3 Å². The van der Waals surface area contributed by atoms with Crippen LogP contribution in [0.5, 0.6) is 5.75 Å². The number of benzene rings is 1. The van der Waals surface area contributed by atoms with Gasteiger partial charge in [0.15, 0.2) is 12.6 Å². The van der Waals surface area contributed by atoms with E-state index in [2.05, 4.69) is 34.8 Å². The molecule has 1 aliphatic carbocycles. The zero-order valence-electron chi connectivity index (χ0n) is 15.9. The third-order valence-corrected chi connectivity index (χ3v) is 3.84. The first-order valence-corrected chi connectivity index (χ1v) is 9.02. The van der Waals surface area contributed by atoms with Crippen LogP contribution in [0, 0.1) is 5.92 Å². The minimum absolute atomic E-state index is 0. The summed E-state index contributed by atoms with van der Waals surface area (Å²) in [7, 11) is 1.78. The van der Waals surface area contributed by atoms with Crippen LogP contribution in [-0.4, -0.2) is 44.7 Å². The molecule has 1 fully saturated rings. The molecule has 146 valence electrons. The normalized spacial score (nSPS) is 13.8. The van der Waals surface area contributed by atoms with E-state index in [-0.39, 0.29) is 36.5 Å². The second-order valence-electron chi connectivity index (χ2n) is 6.80. The molecule has 1 aromatic rings. The molecule has 0 unspecified atom stereocenters. The Morgan fingerprint density at radius 1 is 1.23 bits per heavy atom. The van der Waals surface area contributed by atoms with Crippen LogP contribution in [0.25, 0.3) is 0 Å². The Hall–Kier alpha value is -1.51. The number of carbonyl (C=O) groups is 1. The van der Waals surface area contributed by atoms with E-state index in [4.69, 9.17) is 4.74 Å². The largest absolute Gasteiger partial charge is 0.484 e. The summed E-state index contributed by atoms with van der Waals surface area (Å²) < 4.78 is 5.51. The van der Waals surface area contributed by atoms with E-state index in [1.165, 1.54) is 5.56 Å². The summed E-state index contributed by atoms with van der Waals surface area (Å²) in [5.41, 5.74) is 1.21. The zero-order chi connectivity index (χ0) is 18.1.